The SMILES string of the molecule is Nc1ccc2c(c1)C(=O)N([C@H]1CCC[C@@H](N)C1)C2. The summed E-state index contributed by atoms with van der Waals surface area (Å²) in [4.78, 5) is 14.4. The van der Waals surface area contributed by atoms with Crippen molar-refractivity contribution in [3.63, 3.8) is 0 Å². The molecule has 1 aliphatic carbocycles. The molecule has 4 N–H and O–H groups in total. The molecule has 0 saturated heterocycles. The van der Waals surface area contributed by atoms with Crippen molar-refractivity contribution < 1.29 is 4.79 Å². The molecular formula is C14H19N3O. The maximum absolute atomic E-state index is 12.4. The highest BCUT2D eigenvalue weighted by atomic mass is 16.2. The van der Waals surface area contributed by atoms with Gasteiger partial charge in [0, 0.05) is 29.9 Å². The van der Waals surface area contributed by atoms with Gasteiger partial charge in [-0.3, -0.25) is 4.79 Å². The van der Waals surface area contributed by atoms with Crippen LogP contribution in [-0.4, -0.2) is 22.9 Å². The molecule has 1 aliphatic heterocycles. The summed E-state index contributed by atoms with van der Waals surface area (Å²) in [6.07, 6.45) is 4.20. The van der Waals surface area contributed by atoms with E-state index in [2.05, 4.69) is 0 Å². The number of hydrogen-bond acceptors (Lipinski definition) is 3. The molecule has 96 valence electrons. The van der Waals surface area contributed by atoms with Crippen LogP contribution in [0.1, 0.15) is 41.6 Å². The molecule has 3 rings (SSSR count). The highest BCUT2D eigenvalue weighted by Gasteiger charge is 2.34. The molecule has 0 aromatic heterocycles. The Balaban J connectivity index is 1.83. The van der Waals surface area contributed by atoms with Crippen LogP contribution in [0.15, 0.2) is 18.2 Å². The van der Waals surface area contributed by atoms with Gasteiger partial charge in [-0.25, -0.2) is 0 Å². The van der Waals surface area contributed by atoms with E-state index in [9.17, 15) is 4.79 Å². The van der Waals surface area contributed by atoms with E-state index in [4.69, 9.17) is 11.5 Å². The molecule has 0 radical (unpaired) electrons. The number of anilines is 1. The number of carbonyl (C=O) groups excluding carboxylic acids is 1. The predicted octanol–water partition coefficient (Wildman–Crippen LogP) is 1.49. The van der Waals surface area contributed by atoms with E-state index >= 15 is 0 Å². The van der Waals surface area contributed by atoms with Gasteiger partial charge in [-0.2, -0.15) is 0 Å². The topological polar surface area (TPSA) is 72.4 Å². The maximum Gasteiger partial charge on any atom is 0.254 e. The lowest BCUT2D eigenvalue weighted by molar-refractivity contribution is 0.0650. The minimum absolute atomic E-state index is 0.122. The van der Waals surface area contributed by atoms with Crippen LogP contribution >= 0.6 is 0 Å². The van der Waals surface area contributed by atoms with E-state index in [-0.39, 0.29) is 11.9 Å². The Bertz CT molecular complexity index is 486. The van der Waals surface area contributed by atoms with Crippen LogP contribution in [0.4, 0.5) is 5.69 Å². The quantitative estimate of drug-likeness (QED) is 0.736. The van der Waals surface area contributed by atoms with Crippen LogP contribution < -0.4 is 11.5 Å². The van der Waals surface area contributed by atoms with Crippen LogP contribution in [0.25, 0.3) is 0 Å². The fraction of sp³-hybridized carbons (Fsp3) is 0.500. The third-order valence-corrected chi connectivity index (χ3v) is 4.09. The molecular weight excluding hydrogens is 226 g/mol. The third-order valence-electron chi connectivity index (χ3n) is 4.09. The van der Waals surface area contributed by atoms with Gasteiger partial charge in [0.15, 0.2) is 0 Å². The van der Waals surface area contributed by atoms with E-state index in [1.807, 2.05) is 17.0 Å². The molecule has 1 aromatic rings. The van der Waals surface area contributed by atoms with Gasteiger partial charge in [0.05, 0.1) is 0 Å². The van der Waals surface area contributed by atoms with Crippen molar-refractivity contribution in [1.82, 2.24) is 4.90 Å². The average Bonchev–Trinajstić information content (AvgIpc) is 2.67. The smallest absolute Gasteiger partial charge is 0.254 e. The van der Waals surface area contributed by atoms with Crippen LogP contribution in [0.5, 0.6) is 0 Å². The first-order valence-electron chi connectivity index (χ1n) is 6.60. The number of rotatable bonds is 1. The zero-order chi connectivity index (χ0) is 12.7. The van der Waals surface area contributed by atoms with Crippen molar-refractivity contribution in [3.8, 4) is 0 Å². The van der Waals surface area contributed by atoms with Crippen molar-refractivity contribution in [2.75, 3.05) is 5.73 Å². The second kappa shape index (κ2) is 4.28. The predicted molar refractivity (Wildman–Crippen MR) is 71.0 cm³/mol. The zero-order valence-electron chi connectivity index (χ0n) is 10.4. The van der Waals surface area contributed by atoms with Crippen molar-refractivity contribution in [2.24, 2.45) is 5.73 Å². The van der Waals surface area contributed by atoms with E-state index in [1.54, 1.807) is 6.07 Å². The first-order valence-corrected chi connectivity index (χ1v) is 6.60. The van der Waals surface area contributed by atoms with Gasteiger partial charge < -0.3 is 16.4 Å². The van der Waals surface area contributed by atoms with Crippen molar-refractivity contribution >= 4 is 11.6 Å². The minimum Gasteiger partial charge on any atom is -0.399 e. The van der Waals surface area contributed by atoms with Crippen LogP contribution in [0.2, 0.25) is 0 Å². The molecule has 0 bridgehead atoms. The molecule has 1 heterocycles. The van der Waals surface area contributed by atoms with Gasteiger partial charge in [-0.1, -0.05) is 6.07 Å². The fourth-order valence-corrected chi connectivity index (χ4v) is 3.12. The molecule has 1 saturated carbocycles. The Kier molecular flexibility index (Phi) is 2.74. The van der Waals surface area contributed by atoms with Crippen LogP contribution in [0.3, 0.4) is 0 Å². The summed E-state index contributed by atoms with van der Waals surface area (Å²) in [6, 6.07) is 6.16. The van der Waals surface area contributed by atoms with Crippen molar-refractivity contribution in [1.29, 1.82) is 0 Å². The first kappa shape index (κ1) is 11.5. The minimum atomic E-state index is 0.122. The summed E-state index contributed by atoms with van der Waals surface area (Å²) < 4.78 is 0. The molecule has 2 aliphatic rings. The molecule has 18 heavy (non-hydrogen) atoms. The summed E-state index contributed by atoms with van der Waals surface area (Å²) in [7, 11) is 0. The van der Waals surface area contributed by atoms with E-state index in [0.717, 1.165) is 36.8 Å². The molecule has 4 nitrogen and oxygen atoms in total. The molecule has 2 atom stereocenters. The van der Waals surface area contributed by atoms with Gasteiger partial charge in [0.1, 0.15) is 0 Å². The van der Waals surface area contributed by atoms with Crippen LogP contribution in [0, 0.1) is 0 Å². The lowest BCUT2D eigenvalue weighted by Crippen LogP contribution is -2.42. The van der Waals surface area contributed by atoms with E-state index in [0.29, 0.717) is 18.3 Å². The average molecular weight is 245 g/mol. The highest BCUT2D eigenvalue weighted by molar-refractivity contribution is 5.99. The Hall–Kier alpha value is -1.55. The van der Waals surface area contributed by atoms with E-state index in [1.165, 1.54) is 0 Å². The Morgan fingerprint density at radius 1 is 1.28 bits per heavy atom. The summed E-state index contributed by atoms with van der Waals surface area (Å²) in [6.45, 7) is 0.714. The normalized spacial score (nSPS) is 27.4. The second-order valence-electron chi connectivity index (χ2n) is 5.43. The number of carbonyl (C=O) groups is 1. The number of hydrogen-bond donors (Lipinski definition) is 2. The molecule has 4 heteroatoms. The lowest BCUT2D eigenvalue weighted by atomic mass is 9.90. The summed E-state index contributed by atoms with van der Waals surface area (Å²) in [5.74, 6) is 0.122. The first-order chi connectivity index (χ1) is 8.65. The number of fused-ring (bicyclic) bond motifs is 1. The van der Waals surface area contributed by atoms with E-state index < -0.39 is 0 Å². The number of amides is 1. The lowest BCUT2D eigenvalue weighted by Gasteiger charge is -2.33. The summed E-state index contributed by atoms with van der Waals surface area (Å²) >= 11 is 0. The van der Waals surface area contributed by atoms with Crippen molar-refractivity contribution in [2.45, 2.75) is 44.3 Å². The van der Waals surface area contributed by atoms with Gasteiger partial charge in [-0.05, 0) is 43.4 Å². The Labute approximate surface area is 107 Å². The van der Waals surface area contributed by atoms with Crippen LogP contribution in [-0.2, 0) is 6.54 Å². The number of nitrogen functional groups attached to an aromatic ring is 1. The number of benzene rings is 1. The number of nitrogens with zero attached hydrogens (tertiary/aromatic N) is 1. The van der Waals surface area contributed by atoms with Gasteiger partial charge in [0.25, 0.3) is 5.91 Å². The Morgan fingerprint density at radius 2 is 2.11 bits per heavy atom. The second-order valence-corrected chi connectivity index (χ2v) is 5.43. The summed E-state index contributed by atoms with van der Waals surface area (Å²) in [5.41, 5.74) is 14.3. The molecule has 0 unspecified atom stereocenters. The zero-order valence-corrected chi connectivity index (χ0v) is 10.4. The largest absolute Gasteiger partial charge is 0.399 e. The molecule has 1 amide bonds. The van der Waals surface area contributed by atoms with Gasteiger partial charge >= 0.3 is 0 Å². The number of nitrogens with two attached hydrogens (primary N) is 2. The standard InChI is InChI=1S/C14H19N3O/c15-10-2-1-3-12(6-10)17-8-9-4-5-11(16)7-13(9)14(17)18/h4-5,7,10,12H,1-3,6,8,15-16H2/t10-,12+/m1/s1. The Morgan fingerprint density at radius 3 is 2.89 bits per heavy atom. The van der Waals surface area contributed by atoms with Crippen molar-refractivity contribution in [3.05, 3.63) is 29.3 Å². The fourth-order valence-electron chi connectivity index (χ4n) is 3.12. The maximum atomic E-state index is 12.4. The highest BCUT2D eigenvalue weighted by Crippen LogP contribution is 2.31. The van der Waals surface area contributed by atoms with Gasteiger partial charge in [0.2, 0.25) is 0 Å². The molecule has 1 fully saturated rings. The van der Waals surface area contributed by atoms with Gasteiger partial charge in [-0.15, -0.1) is 0 Å². The monoisotopic (exact) mass is 245 g/mol. The molecule has 0 spiro atoms. The summed E-state index contributed by atoms with van der Waals surface area (Å²) in [5, 5.41) is 0. The third kappa shape index (κ3) is 1.86. The molecule has 1 aromatic carbocycles.